The molecule has 0 spiro atoms. The number of thiophene rings is 1. The smallest absolute Gasteiger partial charge is 0.261 e. The van der Waals surface area contributed by atoms with E-state index in [0.717, 1.165) is 26.2 Å². The van der Waals surface area contributed by atoms with Crippen LogP contribution in [-0.2, 0) is 4.74 Å². The maximum absolute atomic E-state index is 11.9. The molecule has 2 heterocycles. The highest BCUT2D eigenvalue weighted by atomic mass is 35.5. The summed E-state index contributed by atoms with van der Waals surface area (Å²) >= 11 is 7.12. The van der Waals surface area contributed by atoms with Gasteiger partial charge >= 0.3 is 0 Å². The van der Waals surface area contributed by atoms with Gasteiger partial charge in [-0.1, -0.05) is 25.4 Å². The standard InChI is InChI=1S/C14H21ClN2O2S/c1-10(2)8-17-5-6-19-11(9-17)7-16-14(18)12-3-4-13(15)20-12/h3-4,10-11H,5-9H2,1-2H3,(H,16,18). The van der Waals surface area contributed by atoms with Gasteiger partial charge in [0.15, 0.2) is 0 Å². The van der Waals surface area contributed by atoms with Crippen molar-refractivity contribution in [3.05, 3.63) is 21.3 Å². The number of carbonyl (C=O) groups is 1. The first-order chi connectivity index (χ1) is 9.54. The van der Waals surface area contributed by atoms with Crippen molar-refractivity contribution in [1.82, 2.24) is 10.2 Å². The lowest BCUT2D eigenvalue weighted by Crippen LogP contribution is -2.48. The van der Waals surface area contributed by atoms with E-state index in [0.29, 0.717) is 21.7 Å². The number of nitrogens with one attached hydrogen (secondary N) is 1. The lowest BCUT2D eigenvalue weighted by Gasteiger charge is -2.33. The van der Waals surface area contributed by atoms with E-state index in [9.17, 15) is 4.79 Å². The normalized spacial score (nSPS) is 20.3. The van der Waals surface area contributed by atoms with E-state index in [-0.39, 0.29) is 12.0 Å². The van der Waals surface area contributed by atoms with E-state index in [1.54, 1.807) is 12.1 Å². The Balaban J connectivity index is 1.77. The first kappa shape index (κ1) is 15.8. The van der Waals surface area contributed by atoms with Crippen molar-refractivity contribution in [3.8, 4) is 0 Å². The molecule has 2 rings (SSSR count). The summed E-state index contributed by atoms with van der Waals surface area (Å²) in [5.74, 6) is 0.572. The second kappa shape index (κ2) is 7.41. The van der Waals surface area contributed by atoms with Crippen LogP contribution in [0.25, 0.3) is 0 Å². The van der Waals surface area contributed by atoms with Gasteiger partial charge in [0.25, 0.3) is 5.91 Å². The summed E-state index contributed by atoms with van der Waals surface area (Å²) in [4.78, 5) is 15.0. The quantitative estimate of drug-likeness (QED) is 0.907. The molecule has 0 radical (unpaired) electrons. The number of hydrogen-bond donors (Lipinski definition) is 1. The minimum Gasteiger partial charge on any atom is -0.374 e. The molecule has 1 aliphatic rings. The van der Waals surface area contributed by atoms with Crippen LogP contribution < -0.4 is 5.32 Å². The molecule has 6 heteroatoms. The number of carbonyl (C=O) groups excluding carboxylic acids is 1. The van der Waals surface area contributed by atoms with Crippen molar-refractivity contribution in [2.24, 2.45) is 5.92 Å². The monoisotopic (exact) mass is 316 g/mol. The van der Waals surface area contributed by atoms with Crippen LogP contribution in [0.3, 0.4) is 0 Å². The molecule has 0 bridgehead atoms. The highest BCUT2D eigenvalue weighted by Gasteiger charge is 2.21. The van der Waals surface area contributed by atoms with Crippen molar-refractivity contribution in [2.75, 3.05) is 32.8 Å². The molecule has 4 nitrogen and oxygen atoms in total. The number of nitrogens with zero attached hydrogens (tertiary/aromatic N) is 1. The zero-order chi connectivity index (χ0) is 14.5. The number of amides is 1. The summed E-state index contributed by atoms with van der Waals surface area (Å²) in [5.41, 5.74) is 0. The van der Waals surface area contributed by atoms with Crippen LogP contribution in [0.2, 0.25) is 4.34 Å². The fourth-order valence-electron chi connectivity index (χ4n) is 2.32. The van der Waals surface area contributed by atoms with Gasteiger partial charge in [0.2, 0.25) is 0 Å². The first-order valence-corrected chi connectivity index (χ1v) is 8.11. The summed E-state index contributed by atoms with van der Waals surface area (Å²) < 4.78 is 6.33. The van der Waals surface area contributed by atoms with Crippen LogP contribution in [0, 0.1) is 5.92 Å². The number of morpholine rings is 1. The number of rotatable bonds is 5. The van der Waals surface area contributed by atoms with Crippen molar-refractivity contribution in [1.29, 1.82) is 0 Å². The average molecular weight is 317 g/mol. The fourth-order valence-corrected chi connectivity index (χ4v) is 3.28. The highest BCUT2D eigenvalue weighted by Crippen LogP contribution is 2.21. The number of hydrogen-bond acceptors (Lipinski definition) is 4. The average Bonchev–Trinajstić information content (AvgIpc) is 2.82. The molecule has 1 saturated heterocycles. The minimum absolute atomic E-state index is 0.0712. The van der Waals surface area contributed by atoms with Gasteiger partial charge in [-0.05, 0) is 18.1 Å². The van der Waals surface area contributed by atoms with Gasteiger partial charge in [0.1, 0.15) is 0 Å². The van der Waals surface area contributed by atoms with Gasteiger partial charge in [-0.25, -0.2) is 0 Å². The minimum atomic E-state index is -0.0773. The van der Waals surface area contributed by atoms with Gasteiger partial charge in [-0.2, -0.15) is 0 Å². The van der Waals surface area contributed by atoms with Gasteiger partial charge in [-0.3, -0.25) is 9.69 Å². The lowest BCUT2D eigenvalue weighted by molar-refractivity contribution is -0.0295. The molecule has 20 heavy (non-hydrogen) atoms. The van der Waals surface area contributed by atoms with Crippen LogP contribution >= 0.6 is 22.9 Å². The molecule has 1 aliphatic heterocycles. The van der Waals surface area contributed by atoms with E-state index < -0.39 is 0 Å². The van der Waals surface area contributed by atoms with Crippen molar-refractivity contribution < 1.29 is 9.53 Å². The van der Waals surface area contributed by atoms with Gasteiger partial charge in [0, 0.05) is 26.2 Å². The molecule has 0 aromatic carbocycles. The maximum atomic E-state index is 11.9. The highest BCUT2D eigenvalue weighted by molar-refractivity contribution is 7.17. The molecule has 1 N–H and O–H groups in total. The first-order valence-electron chi connectivity index (χ1n) is 6.92. The lowest BCUT2D eigenvalue weighted by atomic mass is 10.2. The zero-order valence-electron chi connectivity index (χ0n) is 11.9. The Labute approximate surface area is 129 Å². The number of ether oxygens (including phenoxy) is 1. The molecule has 0 saturated carbocycles. The summed E-state index contributed by atoms with van der Waals surface area (Å²) in [6, 6.07) is 3.48. The van der Waals surface area contributed by atoms with Gasteiger partial charge in [-0.15, -0.1) is 11.3 Å². The maximum Gasteiger partial charge on any atom is 0.261 e. The summed E-state index contributed by atoms with van der Waals surface area (Å²) in [7, 11) is 0. The Hall–Kier alpha value is -0.620. The SMILES string of the molecule is CC(C)CN1CCOC(CNC(=O)c2ccc(Cl)s2)C1. The van der Waals surface area contributed by atoms with E-state index in [4.69, 9.17) is 16.3 Å². The third kappa shape index (κ3) is 4.74. The van der Waals surface area contributed by atoms with Gasteiger partial charge in [0.05, 0.1) is 21.9 Å². The molecule has 1 unspecified atom stereocenters. The second-order valence-electron chi connectivity index (χ2n) is 5.46. The van der Waals surface area contributed by atoms with Crippen LogP contribution in [0.5, 0.6) is 0 Å². The van der Waals surface area contributed by atoms with Crippen molar-refractivity contribution in [2.45, 2.75) is 20.0 Å². The zero-order valence-corrected chi connectivity index (χ0v) is 13.5. The molecule has 0 aliphatic carbocycles. The molecule has 112 valence electrons. The van der Waals surface area contributed by atoms with E-state index >= 15 is 0 Å². The predicted octanol–water partition coefficient (Wildman–Crippen LogP) is 2.49. The Morgan fingerprint density at radius 1 is 1.60 bits per heavy atom. The molecule has 1 aromatic heterocycles. The molecule has 1 amide bonds. The molecule has 1 aromatic rings. The molecular formula is C14H21ClN2O2S. The van der Waals surface area contributed by atoms with E-state index in [1.807, 2.05) is 0 Å². The van der Waals surface area contributed by atoms with E-state index in [1.165, 1.54) is 11.3 Å². The molecule has 1 atom stereocenters. The largest absolute Gasteiger partial charge is 0.374 e. The second-order valence-corrected chi connectivity index (χ2v) is 7.18. The van der Waals surface area contributed by atoms with Crippen LogP contribution in [-0.4, -0.2) is 49.7 Å². The predicted molar refractivity (Wildman–Crippen MR) is 82.7 cm³/mol. The summed E-state index contributed by atoms with van der Waals surface area (Å²) in [6.07, 6.45) is 0.0712. The van der Waals surface area contributed by atoms with Gasteiger partial charge < -0.3 is 10.1 Å². The van der Waals surface area contributed by atoms with Crippen molar-refractivity contribution >= 4 is 28.8 Å². The molecule has 1 fully saturated rings. The summed E-state index contributed by atoms with van der Waals surface area (Å²) in [5, 5.41) is 2.92. The third-order valence-corrected chi connectivity index (χ3v) is 4.36. The van der Waals surface area contributed by atoms with Crippen LogP contribution in [0.15, 0.2) is 12.1 Å². The fraction of sp³-hybridized carbons (Fsp3) is 0.643. The Morgan fingerprint density at radius 3 is 3.05 bits per heavy atom. The van der Waals surface area contributed by atoms with Crippen LogP contribution in [0.4, 0.5) is 0 Å². The van der Waals surface area contributed by atoms with E-state index in [2.05, 4.69) is 24.1 Å². The summed E-state index contributed by atoms with van der Waals surface area (Å²) in [6.45, 7) is 8.64. The third-order valence-electron chi connectivity index (χ3n) is 3.13. The van der Waals surface area contributed by atoms with Crippen LogP contribution in [0.1, 0.15) is 23.5 Å². The van der Waals surface area contributed by atoms with Crippen molar-refractivity contribution in [3.63, 3.8) is 0 Å². The Kier molecular flexibility index (Phi) is 5.84. The molecular weight excluding hydrogens is 296 g/mol. The number of halogens is 1. The Bertz CT molecular complexity index is 450. The topological polar surface area (TPSA) is 41.6 Å². The Morgan fingerprint density at radius 2 is 2.40 bits per heavy atom.